The number of benzene rings is 1. The lowest BCUT2D eigenvalue weighted by molar-refractivity contribution is -0.147. The molecule has 0 radical (unpaired) electrons. The van der Waals surface area contributed by atoms with Gasteiger partial charge < -0.3 is 10.0 Å². The first-order valence-corrected chi connectivity index (χ1v) is 6.21. The van der Waals surface area contributed by atoms with E-state index in [-0.39, 0.29) is 5.56 Å². The molecule has 1 aromatic carbocycles. The predicted octanol–water partition coefficient (Wildman–Crippen LogP) is 2.39. The van der Waals surface area contributed by atoms with E-state index in [1.165, 1.54) is 12.1 Å². The number of halogens is 1. The standard InChI is InChI=1S/C14H15FN2O2/c1-2-14(13(18)19)6-7-17(9-14)12-5-3-4-11(15)10(12)8-16/h3-5H,2,6-7,9H2,1H3,(H,18,19). The first-order chi connectivity index (χ1) is 9.04. The molecule has 1 atom stereocenters. The van der Waals surface area contributed by atoms with Crippen LogP contribution in [0, 0.1) is 22.6 Å². The van der Waals surface area contributed by atoms with Gasteiger partial charge in [0.05, 0.1) is 11.1 Å². The molecule has 19 heavy (non-hydrogen) atoms. The Bertz CT molecular complexity index is 553. The molecule has 0 spiro atoms. The van der Waals surface area contributed by atoms with Crippen LogP contribution in [0.2, 0.25) is 0 Å². The maximum Gasteiger partial charge on any atom is 0.311 e. The smallest absolute Gasteiger partial charge is 0.311 e. The van der Waals surface area contributed by atoms with Crippen LogP contribution in [0.5, 0.6) is 0 Å². The van der Waals surface area contributed by atoms with E-state index in [1.807, 2.05) is 13.0 Å². The van der Waals surface area contributed by atoms with Gasteiger partial charge in [-0.15, -0.1) is 0 Å². The third-order valence-electron chi connectivity index (χ3n) is 3.93. The summed E-state index contributed by atoms with van der Waals surface area (Å²) >= 11 is 0. The zero-order valence-electron chi connectivity index (χ0n) is 10.7. The maximum absolute atomic E-state index is 13.6. The molecular weight excluding hydrogens is 247 g/mol. The Morgan fingerprint density at radius 1 is 1.63 bits per heavy atom. The molecule has 0 saturated carbocycles. The van der Waals surface area contributed by atoms with Crippen molar-refractivity contribution in [2.24, 2.45) is 5.41 Å². The van der Waals surface area contributed by atoms with E-state index >= 15 is 0 Å². The topological polar surface area (TPSA) is 64.3 Å². The van der Waals surface area contributed by atoms with Crippen LogP contribution in [0.15, 0.2) is 18.2 Å². The van der Waals surface area contributed by atoms with Gasteiger partial charge in [-0.25, -0.2) is 4.39 Å². The lowest BCUT2D eigenvalue weighted by Crippen LogP contribution is -2.34. The van der Waals surface area contributed by atoms with E-state index in [9.17, 15) is 14.3 Å². The Labute approximate surface area is 111 Å². The molecule has 100 valence electrons. The summed E-state index contributed by atoms with van der Waals surface area (Å²) in [6.07, 6.45) is 1.04. The highest BCUT2D eigenvalue weighted by Crippen LogP contribution is 2.37. The van der Waals surface area contributed by atoms with Crippen LogP contribution in [0.4, 0.5) is 10.1 Å². The minimum Gasteiger partial charge on any atom is -0.481 e. The van der Waals surface area contributed by atoms with Gasteiger partial charge in [0.15, 0.2) is 0 Å². The van der Waals surface area contributed by atoms with Gasteiger partial charge in [0, 0.05) is 13.1 Å². The molecule has 1 heterocycles. The minimum absolute atomic E-state index is 0.0141. The summed E-state index contributed by atoms with van der Waals surface area (Å²) in [5, 5.41) is 18.4. The molecule has 0 bridgehead atoms. The van der Waals surface area contributed by atoms with E-state index in [2.05, 4.69) is 0 Å². The van der Waals surface area contributed by atoms with Crippen molar-refractivity contribution >= 4 is 11.7 Å². The minimum atomic E-state index is -0.826. The largest absolute Gasteiger partial charge is 0.481 e. The fourth-order valence-electron chi connectivity index (χ4n) is 2.58. The summed E-state index contributed by atoms with van der Waals surface area (Å²) in [6.45, 7) is 2.68. The van der Waals surface area contributed by atoms with Gasteiger partial charge >= 0.3 is 5.97 Å². The van der Waals surface area contributed by atoms with Crippen molar-refractivity contribution in [1.29, 1.82) is 5.26 Å². The molecule has 5 heteroatoms. The first kappa shape index (κ1) is 13.3. The molecule has 1 N–H and O–H groups in total. The molecule has 2 rings (SSSR count). The summed E-state index contributed by atoms with van der Waals surface area (Å²) in [5.41, 5.74) is -0.321. The summed E-state index contributed by atoms with van der Waals surface area (Å²) in [7, 11) is 0. The molecule has 4 nitrogen and oxygen atoms in total. The first-order valence-electron chi connectivity index (χ1n) is 6.21. The highest BCUT2D eigenvalue weighted by Gasteiger charge is 2.43. The Morgan fingerprint density at radius 3 is 2.89 bits per heavy atom. The van der Waals surface area contributed by atoms with Crippen LogP contribution in [-0.2, 0) is 4.79 Å². The number of nitrogens with zero attached hydrogens (tertiary/aromatic N) is 2. The van der Waals surface area contributed by atoms with E-state index in [4.69, 9.17) is 5.26 Å². The molecule has 0 amide bonds. The predicted molar refractivity (Wildman–Crippen MR) is 68.3 cm³/mol. The number of hydrogen-bond donors (Lipinski definition) is 1. The van der Waals surface area contributed by atoms with Crippen LogP contribution >= 0.6 is 0 Å². The summed E-state index contributed by atoms with van der Waals surface area (Å²) in [6, 6.07) is 6.29. The number of nitriles is 1. The highest BCUT2D eigenvalue weighted by atomic mass is 19.1. The van der Waals surface area contributed by atoms with Crippen molar-refractivity contribution < 1.29 is 14.3 Å². The molecule has 1 saturated heterocycles. The number of aliphatic carboxylic acids is 1. The second-order valence-electron chi connectivity index (χ2n) is 4.86. The summed E-state index contributed by atoms with van der Waals surface area (Å²) in [4.78, 5) is 13.2. The molecule has 1 unspecified atom stereocenters. The number of carboxylic acid groups (broad SMARTS) is 1. The van der Waals surface area contributed by atoms with Crippen LogP contribution < -0.4 is 4.90 Å². The van der Waals surface area contributed by atoms with Gasteiger partial charge in [-0.3, -0.25) is 4.79 Å². The molecule has 1 aliphatic rings. The number of carboxylic acids is 1. The van der Waals surface area contributed by atoms with Crippen LogP contribution in [-0.4, -0.2) is 24.2 Å². The SMILES string of the molecule is CCC1(C(=O)O)CCN(c2cccc(F)c2C#N)C1. The lowest BCUT2D eigenvalue weighted by Gasteiger charge is -2.24. The maximum atomic E-state index is 13.6. The van der Waals surface area contributed by atoms with Gasteiger partial charge in [-0.1, -0.05) is 13.0 Å². The van der Waals surface area contributed by atoms with Crippen molar-refractivity contribution in [3.63, 3.8) is 0 Å². The normalized spacial score (nSPS) is 22.3. The average Bonchev–Trinajstić information content (AvgIpc) is 2.84. The molecule has 1 aromatic rings. The van der Waals surface area contributed by atoms with E-state index in [1.54, 1.807) is 11.0 Å². The Morgan fingerprint density at radius 2 is 2.37 bits per heavy atom. The van der Waals surface area contributed by atoms with E-state index in [0.717, 1.165) is 0 Å². The Balaban J connectivity index is 2.34. The second kappa shape index (κ2) is 4.88. The number of rotatable bonds is 3. The number of hydrogen-bond acceptors (Lipinski definition) is 3. The summed E-state index contributed by atoms with van der Waals surface area (Å²) in [5.74, 6) is -1.39. The molecule has 0 aromatic heterocycles. The zero-order chi connectivity index (χ0) is 14.0. The van der Waals surface area contributed by atoms with Crippen LogP contribution in [0.3, 0.4) is 0 Å². The Hall–Kier alpha value is -2.09. The van der Waals surface area contributed by atoms with Gasteiger partial charge in [-0.05, 0) is 25.0 Å². The van der Waals surface area contributed by atoms with Gasteiger partial charge in [0.25, 0.3) is 0 Å². The highest BCUT2D eigenvalue weighted by molar-refractivity contribution is 5.77. The number of anilines is 1. The molecule has 0 aliphatic carbocycles. The Kier molecular flexibility index (Phi) is 3.43. The number of carbonyl (C=O) groups is 1. The van der Waals surface area contributed by atoms with E-state index in [0.29, 0.717) is 31.6 Å². The average molecular weight is 262 g/mol. The van der Waals surface area contributed by atoms with Gasteiger partial charge in [0.1, 0.15) is 17.4 Å². The van der Waals surface area contributed by atoms with Gasteiger partial charge in [-0.2, -0.15) is 5.26 Å². The lowest BCUT2D eigenvalue weighted by atomic mass is 9.84. The molecule has 1 aliphatic heterocycles. The van der Waals surface area contributed by atoms with Crippen molar-refractivity contribution in [3.8, 4) is 6.07 Å². The zero-order valence-corrected chi connectivity index (χ0v) is 10.7. The van der Waals surface area contributed by atoms with Crippen molar-refractivity contribution in [2.75, 3.05) is 18.0 Å². The van der Waals surface area contributed by atoms with E-state index < -0.39 is 17.2 Å². The second-order valence-corrected chi connectivity index (χ2v) is 4.86. The van der Waals surface area contributed by atoms with Crippen molar-refractivity contribution in [1.82, 2.24) is 0 Å². The quantitative estimate of drug-likeness (QED) is 0.908. The third kappa shape index (κ3) is 2.14. The van der Waals surface area contributed by atoms with Crippen molar-refractivity contribution in [2.45, 2.75) is 19.8 Å². The van der Waals surface area contributed by atoms with Gasteiger partial charge in [0.2, 0.25) is 0 Å². The fraction of sp³-hybridized carbons (Fsp3) is 0.429. The van der Waals surface area contributed by atoms with Crippen LogP contribution in [0.1, 0.15) is 25.3 Å². The monoisotopic (exact) mass is 262 g/mol. The van der Waals surface area contributed by atoms with Crippen LogP contribution in [0.25, 0.3) is 0 Å². The van der Waals surface area contributed by atoms with Crippen molar-refractivity contribution in [3.05, 3.63) is 29.6 Å². The molecular formula is C14H15FN2O2. The molecule has 1 fully saturated rings. The third-order valence-corrected chi connectivity index (χ3v) is 3.93. The summed E-state index contributed by atoms with van der Waals surface area (Å²) < 4.78 is 13.6. The fourth-order valence-corrected chi connectivity index (χ4v) is 2.58.